The van der Waals surface area contributed by atoms with Crippen LogP contribution in [0.2, 0.25) is 0 Å². The average Bonchev–Trinajstić information content (AvgIpc) is 2.93. The van der Waals surface area contributed by atoms with Gasteiger partial charge in [0.2, 0.25) is 10.0 Å². The van der Waals surface area contributed by atoms with Gasteiger partial charge in [-0.05, 0) is 34.8 Å². The molecule has 2 rings (SSSR count). The van der Waals surface area contributed by atoms with Gasteiger partial charge in [0.05, 0.1) is 0 Å². The minimum atomic E-state index is -3.52. The number of anilines is 1. The number of nitrogens with one attached hydrogen (secondary N) is 1. The van der Waals surface area contributed by atoms with Crippen molar-refractivity contribution in [3.63, 3.8) is 0 Å². The van der Waals surface area contributed by atoms with Gasteiger partial charge in [-0.2, -0.15) is 4.31 Å². The van der Waals surface area contributed by atoms with E-state index in [-0.39, 0.29) is 10.9 Å². The molecule has 0 atom stereocenters. The van der Waals surface area contributed by atoms with Crippen molar-refractivity contribution in [2.45, 2.75) is 43.5 Å². The number of halogens is 1. The lowest BCUT2D eigenvalue weighted by Gasteiger charge is -2.27. The first-order valence-electron chi connectivity index (χ1n) is 6.85. The molecule has 1 aliphatic rings. The van der Waals surface area contributed by atoms with Gasteiger partial charge < -0.3 is 5.32 Å². The predicted octanol–water partition coefficient (Wildman–Crippen LogP) is 2.84. The second-order valence-corrected chi connectivity index (χ2v) is 7.67. The number of rotatable bonds is 5. The van der Waals surface area contributed by atoms with Crippen LogP contribution < -0.4 is 5.32 Å². The van der Waals surface area contributed by atoms with E-state index in [4.69, 9.17) is 0 Å². The van der Waals surface area contributed by atoms with Gasteiger partial charge in [-0.15, -0.1) is 0 Å². The Kier molecular flexibility index (Phi) is 5.04. The van der Waals surface area contributed by atoms with E-state index in [2.05, 4.69) is 26.2 Å². The molecule has 20 heavy (non-hydrogen) atoms. The Balaban J connectivity index is 2.44. The van der Waals surface area contributed by atoms with Gasteiger partial charge in [-0.1, -0.05) is 19.8 Å². The quantitative estimate of drug-likeness (QED) is 0.875. The Morgan fingerprint density at radius 3 is 2.65 bits per heavy atom. The molecule has 1 aromatic rings. The van der Waals surface area contributed by atoms with Crippen molar-refractivity contribution >= 4 is 31.8 Å². The van der Waals surface area contributed by atoms with Gasteiger partial charge in [-0.3, -0.25) is 0 Å². The molecule has 0 spiro atoms. The van der Waals surface area contributed by atoms with Crippen molar-refractivity contribution in [2.75, 3.05) is 18.9 Å². The Labute approximate surface area is 129 Å². The summed E-state index contributed by atoms with van der Waals surface area (Å²) in [5.74, 6) is 0.393. The van der Waals surface area contributed by atoms with Crippen LogP contribution in [-0.2, 0) is 10.0 Å². The van der Waals surface area contributed by atoms with E-state index in [1.807, 2.05) is 6.92 Å². The summed E-state index contributed by atoms with van der Waals surface area (Å²) in [6, 6.07) is 1.74. The SMILES string of the molecule is CCN(C1CCCC1)S(=O)(=O)c1cc(Br)cnc1NC. The van der Waals surface area contributed by atoms with Crippen molar-refractivity contribution in [3.8, 4) is 0 Å². The topological polar surface area (TPSA) is 62.3 Å². The third-order valence-corrected chi connectivity index (χ3v) is 6.16. The molecule has 1 saturated carbocycles. The van der Waals surface area contributed by atoms with Crippen molar-refractivity contribution in [1.82, 2.24) is 9.29 Å². The predicted molar refractivity (Wildman–Crippen MR) is 83.3 cm³/mol. The molecule has 7 heteroatoms. The fourth-order valence-electron chi connectivity index (χ4n) is 2.75. The van der Waals surface area contributed by atoms with Crippen molar-refractivity contribution in [1.29, 1.82) is 0 Å². The molecule has 0 saturated heterocycles. The molecule has 5 nitrogen and oxygen atoms in total. The van der Waals surface area contributed by atoms with Crippen LogP contribution in [0.5, 0.6) is 0 Å². The first kappa shape index (κ1) is 15.7. The van der Waals surface area contributed by atoms with E-state index in [1.165, 1.54) is 0 Å². The lowest BCUT2D eigenvalue weighted by Crippen LogP contribution is -2.38. The summed E-state index contributed by atoms with van der Waals surface area (Å²) in [5, 5.41) is 2.86. The van der Waals surface area contributed by atoms with Crippen molar-refractivity contribution in [3.05, 3.63) is 16.7 Å². The lowest BCUT2D eigenvalue weighted by molar-refractivity contribution is 0.335. The standard InChI is InChI=1S/C13H20BrN3O2S/c1-3-17(11-6-4-5-7-11)20(18,19)12-8-10(14)9-16-13(12)15-2/h8-9,11H,3-7H2,1-2H3,(H,15,16). The molecule has 1 heterocycles. The smallest absolute Gasteiger partial charge is 0.247 e. The van der Waals surface area contributed by atoms with E-state index in [0.29, 0.717) is 16.8 Å². The van der Waals surface area contributed by atoms with E-state index in [0.717, 1.165) is 25.7 Å². The average molecular weight is 362 g/mol. The third kappa shape index (κ3) is 2.99. The number of pyridine rings is 1. The number of hydrogen-bond acceptors (Lipinski definition) is 4. The Morgan fingerprint density at radius 2 is 2.10 bits per heavy atom. The highest BCUT2D eigenvalue weighted by atomic mass is 79.9. The first-order chi connectivity index (χ1) is 9.50. The van der Waals surface area contributed by atoms with Crippen LogP contribution in [0.4, 0.5) is 5.82 Å². The Bertz CT molecular complexity index is 571. The highest BCUT2D eigenvalue weighted by Crippen LogP contribution is 2.31. The summed E-state index contributed by atoms with van der Waals surface area (Å²) in [4.78, 5) is 4.38. The summed E-state index contributed by atoms with van der Waals surface area (Å²) < 4.78 is 28.1. The number of hydrogen-bond donors (Lipinski definition) is 1. The highest BCUT2D eigenvalue weighted by molar-refractivity contribution is 9.10. The van der Waals surface area contributed by atoms with Gasteiger partial charge in [-0.25, -0.2) is 13.4 Å². The molecule has 0 aliphatic heterocycles. The fraction of sp³-hybridized carbons (Fsp3) is 0.615. The zero-order valence-corrected chi connectivity index (χ0v) is 14.2. The number of nitrogens with zero attached hydrogens (tertiary/aromatic N) is 2. The minimum Gasteiger partial charge on any atom is -0.372 e. The number of aromatic nitrogens is 1. The second-order valence-electron chi connectivity index (χ2n) is 4.90. The maximum absolute atomic E-state index is 12.9. The zero-order chi connectivity index (χ0) is 14.8. The molecule has 0 aromatic carbocycles. The van der Waals surface area contributed by atoms with E-state index in [9.17, 15) is 8.42 Å². The van der Waals surface area contributed by atoms with Crippen LogP contribution in [0.3, 0.4) is 0 Å². The van der Waals surface area contributed by atoms with Crippen LogP contribution >= 0.6 is 15.9 Å². The molecule has 112 valence electrons. The fourth-order valence-corrected chi connectivity index (χ4v) is 5.10. The summed E-state index contributed by atoms with van der Waals surface area (Å²) in [6.45, 7) is 2.38. The van der Waals surface area contributed by atoms with Gasteiger partial charge >= 0.3 is 0 Å². The molecule has 0 amide bonds. The van der Waals surface area contributed by atoms with Crippen molar-refractivity contribution < 1.29 is 8.42 Å². The summed E-state index contributed by atoms with van der Waals surface area (Å²) >= 11 is 3.30. The third-order valence-electron chi connectivity index (χ3n) is 3.69. The molecule has 0 bridgehead atoms. The summed E-state index contributed by atoms with van der Waals surface area (Å²) in [6.07, 6.45) is 5.70. The monoisotopic (exact) mass is 361 g/mol. The second kappa shape index (κ2) is 6.41. The molecule has 1 aromatic heterocycles. The molecule has 0 unspecified atom stereocenters. The van der Waals surface area contributed by atoms with Crippen LogP contribution in [-0.4, -0.2) is 37.3 Å². The molecular weight excluding hydrogens is 342 g/mol. The zero-order valence-electron chi connectivity index (χ0n) is 11.8. The van der Waals surface area contributed by atoms with Crippen LogP contribution in [0.15, 0.2) is 21.6 Å². The Morgan fingerprint density at radius 1 is 1.45 bits per heavy atom. The van der Waals surface area contributed by atoms with E-state index in [1.54, 1.807) is 23.6 Å². The van der Waals surface area contributed by atoms with Crippen LogP contribution in [0.1, 0.15) is 32.6 Å². The normalized spacial score (nSPS) is 16.8. The minimum absolute atomic E-state index is 0.119. The Hall–Kier alpha value is -0.660. The molecule has 1 aliphatic carbocycles. The van der Waals surface area contributed by atoms with Gasteiger partial charge in [0.25, 0.3) is 0 Å². The van der Waals surface area contributed by atoms with Crippen LogP contribution in [0, 0.1) is 0 Å². The van der Waals surface area contributed by atoms with Crippen LogP contribution in [0.25, 0.3) is 0 Å². The maximum Gasteiger partial charge on any atom is 0.247 e. The van der Waals surface area contributed by atoms with Gasteiger partial charge in [0.15, 0.2) is 0 Å². The number of sulfonamides is 1. The largest absolute Gasteiger partial charge is 0.372 e. The molecular formula is C13H20BrN3O2S. The first-order valence-corrected chi connectivity index (χ1v) is 9.09. The lowest BCUT2D eigenvalue weighted by atomic mass is 10.2. The molecule has 1 N–H and O–H groups in total. The van der Waals surface area contributed by atoms with Crippen molar-refractivity contribution in [2.24, 2.45) is 0 Å². The van der Waals surface area contributed by atoms with Gasteiger partial charge in [0, 0.05) is 30.3 Å². The van der Waals surface area contributed by atoms with Gasteiger partial charge in [0.1, 0.15) is 10.7 Å². The maximum atomic E-state index is 12.9. The van der Waals surface area contributed by atoms with E-state index >= 15 is 0 Å². The molecule has 1 fully saturated rings. The summed E-state index contributed by atoms with van der Waals surface area (Å²) in [5.41, 5.74) is 0. The summed E-state index contributed by atoms with van der Waals surface area (Å²) in [7, 11) is -1.84. The van der Waals surface area contributed by atoms with E-state index < -0.39 is 10.0 Å². The molecule has 0 radical (unpaired) electrons. The highest BCUT2D eigenvalue weighted by Gasteiger charge is 2.33.